The monoisotopic (exact) mass is 314 g/mol. The molecule has 1 aromatic rings. The van der Waals surface area contributed by atoms with Crippen molar-refractivity contribution in [2.75, 3.05) is 6.61 Å². The summed E-state index contributed by atoms with van der Waals surface area (Å²) in [5.41, 5.74) is 5.79. The van der Waals surface area contributed by atoms with Crippen molar-refractivity contribution in [3.05, 3.63) is 27.7 Å². The lowest BCUT2D eigenvalue weighted by molar-refractivity contribution is -0.121. The molecular weight excluding hydrogens is 304 g/mol. The molecule has 1 aromatic carbocycles. The van der Waals surface area contributed by atoms with Crippen molar-refractivity contribution >= 4 is 34.2 Å². The Bertz CT molecular complexity index is 502. The fraction of sp³-hybridized carbons (Fsp3) is 0.182. The number of aryl methyl sites for hydroxylation is 1. The van der Waals surface area contributed by atoms with Gasteiger partial charge in [0.1, 0.15) is 5.75 Å². The van der Waals surface area contributed by atoms with Gasteiger partial charge in [-0.3, -0.25) is 14.9 Å². The molecule has 0 aliphatic heterocycles. The molecule has 0 fully saturated rings. The molecule has 0 aliphatic rings. The second-order valence-electron chi connectivity index (χ2n) is 3.46. The molecule has 96 valence electrons. The third kappa shape index (κ3) is 3.85. The van der Waals surface area contributed by atoms with Gasteiger partial charge in [0, 0.05) is 4.47 Å². The number of imide groups is 1. The van der Waals surface area contributed by atoms with Gasteiger partial charge in [-0.25, -0.2) is 4.79 Å². The predicted octanol–water partition coefficient (Wildman–Crippen LogP) is 1.14. The lowest BCUT2D eigenvalue weighted by Gasteiger charge is -2.11. The van der Waals surface area contributed by atoms with E-state index in [0.29, 0.717) is 23.2 Å². The van der Waals surface area contributed by atoms with E-state index in [1.165, 1.54) is 0 Å². The summed E-state index contributed by atoms with van der Waals surface area (Å²) in [6.07, 6.45) is 0.624. The highest BCUT2D eigenvalue weighted by atomic mass is 79.9. The summed E-state index contributed by atoms with van der Waals surface area (Å²) >= 11 is 3.25. The third-order valence-electron chi connectivity index (χ3n) is 2.01. The van der Waals surface area contributed by atoms with Crippen molar-refractivity contribution in [3.63, 3.8) is 0 Å². The second-order valence-corrected chi connectivity index (χ2v) is 4.38. The zero-order valence-electron chi connectivity index (χ0n) is 9.53. The van der Waals surface area contributed by atoms with Gasteiger partial charge in [-0.05, 0) is 24.6 Å². The molecule has 0 heterocycles. The number of nitrogens with one attached hydrogen (secondary N) is 1. The smallest absolute Gasteiger partial charge is 0.318 e. The number of rotatable bonds is 4. The normalized spacial score (nSPS) is 9.67. The van der Waals surface area contributed by atoms with E-state index in [9.17, 15) is 14.4 Å². The average molecular weight is 315 g/mol. The molecule has 1 rings (SSSR count). The number of halogens is 1. The summed E-state index contributed by atoms with van der Waals surface area (Å²) in [5.74, 6) is -0.380. The van der Waals surface area contributed by atoms with Crippen molar-refractivity contribution < 1.29 is 19.1 Å². The maximum Gasteiger partial charge on any atom is 0.318 e. The second kappa shape index (κ2) is 6.15. The number of primary amides is 1. The highest BCUT2D eigenvalue weighted by Gasteiger charge is 2.11. The van der Waals surface area contributed by atoms with Crippen LogP contribution in [0.25, 0.3) is 0 Å². The molecule has 18 heavy (non-hydrogen) atoms. The Morgan fingerprint density at radius 1 is 1.50 bits per heavy atom. The highest BCUT2D eigenvalue weighted by molar-refractivity contribution is 9.10. The zero-order valence-corrected chi connectivity index (χ0v) is 11.1. The van der Waals surface area contributed by atoms with Gasteiger partial charge >= 0.3 is 6.03 Å². The Morgan fingerprint density at radius 2 is 2.17 bits per heavy atom. The van der Waals surface area contributed by atoms with Crippen molar-refractivity contribution in [3.8, 4) is 5.75 Å². The van der Waals surface area contributed by atoms with Gasteiger partial charge in [0.2, 0.25) is 0 Å². The number of carbonyl (C=O) groups is 3. The number of carbonyl (C=O) groups excluding carboxylic acids is 3. The van der Waals surface area contributed by atoms with Gasteiger partial charge in [-0.15, -0.1) is 0 Å². The number of ether oxygens (including phenoxy) is 1. The number of nitrogens with two attached hydrogens (primary N) is 1. The predicted molar refractivity (Wildman–Crippen MR) is 67.5 cm³/mol. The number of hydrogen-bond acceptors (Lipinski definition) is 4. The van der Waals surface area contributed by atoms with Crippen LogP contribution in [0, 0.1) is 6.92 Å². The van der Waals surface area contributed by atoms with E-state index >= 15 is 0 Å². The van der Waals surface area contributed by atoms with E-state index in [-0.39, 0.29) is 0 Å². The molecule has 3 amide bonds. The number of hydrogen-bond donors (Lipinski definition) is 2. The number of benzene rings is 1. The summed E-state index contributed by atoms with van der Waals surface area (Å²) in [4.78, 5) is 32.5. The highest BCUT2D eigenvalue weighted by Crippen LogP contribution is 2.26. The van der Waals surface area contributed by atoms with Crippen LogP contribution >= 0.6 is 15.9 Å². The van der Waals surface area contributed by atoms with Crippen molar-refractivity contribution in [2.24, 2.45) is 5.73 Å². The molecule has 6 nitrogen and oxygen atoms in total. The SMILES string of the molecule is Cc1cc(Br)cc(C=O)c1OCC(=O)NC(N)=O. The van der Waals surface area contributed by atoms with Crippen molar-refractivity contribution in [1.29, 1.82) is 0 Å². The van der Waals surface area contributed by atoms with Gasteiger partial charge in [-0.1, -0.05) is 15.9 Å². The van der Waals surface area contributed by atoms with Crippen LogP contribution in [0.15, 0.2) is 16.6 Å². The summed E-state index contributed by atoms with van der Waals surface area (Å²) in [6.45, 7) is 1.34. The van der Waals surface area contributed by atoms with E-state index in [4.69, 9.17) is 10.5 Å². The van der Waals surface area contributed by atoms with Crippen molar-refractivity contribution in [1.82, 2.24) is 5.32 Å². The molecule has 0 atom stereocenters. The first kappa shape index (κ1) is 14.2. The molecular formula is C11H11BrN2O4. The Hall–Kier alpha value is -1.89. The summed E-state index contributed by atoms with van der Waals surface area (Å²) in [6, 6.07) is 2.36. The molecule has 0 unspecified atom stereocenters. The lowest BCUT2D eigenvalue weighted by Crippen LogP contribution is -2.38. The van der Waals surface area contributed by atoms with Crippen LogP contribution in [-0.2, 0) is 4.79 Å². The van der Waals surface area contributed by atoms with Crippen molar-refractivity contribution in [2.45, 2.75) is 6.92 Å². The fourth-order valence-corrected chi connectivity index (χ4v) is 1.94. The summed E-state index contributed by atoms with van der Waals surface area (Å²) in [7, 11) is 0. The van der Waals surface area contributed by atoms with E-state index in [2.05, 4.69) is 15.9 Å². The Morgan fingerprint density at radius 3 is 2.72 bits per heavy atom. The van der Waals surface area contributed by atoms with Gasteiger partial charge in [0.05, 0.1) is 5.56 Å². The lowest BCUT2D eigenvalue weighted by atomic mass is 10.1. The van der Waals surface area contributed by atoms with E-state index < -0.39 is 18.5 Å². The third-order valence-corrected chi connectivity index (χ3v) is 2.46. The topological polar surface area (TPSA) is 98.5 Å². The molecule has 0 aliphatic carbocycles. The largest absolute Gasteiger partial charge is 0.483 e. The fourth-order valence-electron chi connectivity index (χ4n) is 1.35. The standard InChI is InChI=1S/C11H11BrN2O4/c1-6-2-8(12)3-7(4-15)10(6)18-5-9(16)14-11(13)17/h2-4H,5H2,1H3,(H3,13,14,16,17). The van der Waals surface area contributed by atoms with Crippen LogP contribution in [-0.4, -0.2) is 24.8 Å². The first-order chi connectivity index (χ1) is 8.43. The maximum absolute atomic E-state index is 11.2. The minimum Gasteiger partial charge on any atom is -0.483 e. The van der Waals surface area contributed by atoms with E-state index in [1.807, 2.05) is 5.32 Å². The number of amides is 3. The summed E-state index contributed by atoms with van der Waals surface area (Å²) in [5, 5.41) is 1.86. The quantitative estimate of drug-likeness (QED) is 0.814. The van der Waals surface area contributed by atoms with Gasteiger partial charge in [0.25, 0.3) is 5.91 Å². The van der Waals surface area contributed by atoms with Crippen LogP contribution in [0.3, 0.4) is 0 Å². The number of urea groups is 1. The number of aldehydes is 1. The van der Waals surface area contributed by atoms with E-state index in [1.54, 1.807) is 19.1 Å². The molecule has 7 heteroatoms. The van der Waals surface area contributed by atoms with Gasteiger partial charge in [-0.2, -0.15) is 0 Å². The molecule has 3 N–H and O–H groups in total. The summed E-state index contributed by atoms with van der Waals surface area (Å²) < 4.78 is 5.94. The molecule has 0 bridgehead atoms. The van der Waals surface area contributed by atoms with Crippen LogP contribution < -0.4 is 15.8 Å². The molecule has 0 saturated heterocycles. The average Bonchev–Trinajstić information content (AvgIpc) is 2.25. The first-order valence-electron chi connectivity index (χ1n) is 4.91. The van der Waals surface area contributed by atoms with Crippen LogP contribution in [0.4, 0.5) is 4.79 Å². The van der Waals surface area contributed by atoms with E-state index in [0.717, 1.165) is 4.47 Å². The Kier molecular flexibility index (Phi) is 4.85. The maximum atomic E-state index is 11.2. The Balaban J connectivity index is 2.81. The minimum atomic E-state index is -0.952. The Labute approximate surface area is 112 Å². The molecule has 0 spiro atoms. The van der Waals surface area contributed by atoms with Crippen LogP contribution in [0.5, 0.6) is 5.75 Å². The molecule has 0 saturated carbocycles. The molecule has 0 radical (unpaired) electrons. The zero-order chi connectivity index (χ0) is 13.7. The van der Waals surface area contributed by atoms with Gasteiger partial charge in [0.15, 0.2) is 12.9 Å². The first-order valence-corrected chi connectivity index (χ1v) is 5.70. The van der Waals surface area contributed by atoms with Crippen LogP contribution in [0.2, 0.25) is 0 Å². The molecule has 0 aromatic heterocycles. The van der Waals surface area contributed by atoms with Crippen LogP contribution in [0.1, 0.15) is 15.9 Å². The van der Waals surface area contributed by atoms with Gasteiger partial charge < -0.3 is 10.5 Å². The minimum absolute atomic E-state index is 0.299.